The van der Waals surface area contributed by atoms with Gasteiger partial charge in [-0.1, -0.05) is 19.0 Å². The van der Waals surface area contributed by atoms with Gasteiger partial charge in [-0.05, 0) is 9.91 Å². The minimum absolute atomic E-state index is 0.232. The van der Waals surface area contributed by atoms with Gasteiger partial charge in [-0.2, -0.15) is 4.91 Å². The molecule has 0 saturated carbocycles. The molecule has 1 heterocycles. The van der Waals surface area contributed by atoms with Gasteiger partial charge in [0, 0.05) is 18.2 Å². The summed E-state index contributed by atoms with van der Waals surface area (Å²) in [7, 11) is 0. The predicted molar refractivity (Wildman–Crippen MR) is 67.7 cm³/mol. The summed E-state index contributed by atoms with van der Waals surface area (Å²) in [4.78, 5) is 24.7. The summed E-state index contributed by atoms with van der Waals surface area (Å²) < 4.78 is 1.55. The third-order valence-electron chi connectivity index (χ3n) is 2.89. The van der Waals surface area contributed by atoms with Crippen LogP contribution in [0.4, 0.5) is 5.82 Å². The van der Waals surface area contributed by atoms with Crippen molar-refractivity contribution in [2.24, 2.45) is 10.6 Å². The van der Waals surface area contributed by atoms with Crippen LogP contribution in [0.1, 0.15) is 19.7 Å². The number of alkyl halides is 1. The second-order valence-electron chi connectivity index (χ2n) is 4.80. The van der Waals surface area contributed by atoms with E-state index in [0.29, 0.717) is 5.82 Å². The van der Waals surface area contributed by atoms with Crippen LogP contribution in [-0.4, -0.2) is 26.4 Å². The van der Waals surface area contributed by atoms with E-state index >= 15 is 0 Å². The van der Waals surface area contributed by atoms with Crippen LogP contribution in [0, 0.1) is 27.4 Å². The van der Waals surface area contributed by atoms with Gasteiger partial charge < -0.3 is 14.7 Å². The monoisotopic (exact) mass is 274 g/mol. The summed E-state index contributed by atoms with van der Waals surface area (Å²) in [5.41, 5.74) is -0.477. The fraction of sp³-hybridized carbons (Fsp3) is 0.700. The van der Waals surface area contributed by atoms with Crippen molar-refractivity contribution in [2.75, 3.05) is 5.88 Å². The van der Waals surface area contributed by atoms with Gasteiger partial charge in [0.2, 0.25) is 5.82 Å². The first-order valence-electron chi connectivity index (χ1n) is 5.38. The highest BCUT2D eigenvalue weighted by molar-refractivity contribution is 6.18. The molecule has 1 aromatic rings. The quantitative estimate of drug-likeness (QED) is 0.345. The fourth-order valence-corrected chi connectivity index (χ4v) is 1.64. The minimum atomic E-state index is -0.570. The van der Waals surface area contributed by atoms with Crippen LogP contribution in [-0.2, 0) is 6.54 Å². The highest BCUT2D eigenvalue weighted by Gasteiger charge is 2.31. The number of nitrogens with zero attached hydrogens (tertiary/aromatic N) is 4. The standard InChI is InChI=1S/C10H15ClN4O3/c1-7-12-9(15(17)18)5-14(7)4-8(13-16)10(2,3)6-11/h5,8H,4,6H2,1-3H3. The lowest BCUT2D eigenvalue weighted by atomic mass is 9.87. The lowest BCUT2D eigenvalue weighted by molar-refractivity contribution is -0.389. The van der Waals surface area contributed by atoms with Crippen molar-refractivity contribution in [1.29, 1.82) is 0 Å². The van der Waals surface area contributed by atoms with E-state index in [1.54, 1.807) is 11.5 Å². The SMILES string of the molecule is Cc1nc([N+](=O)[O-])cn1CC(N=O)C(C)(C)CCl. The number of hydrogen-bond acceptors (Lipinski definition) is 5. The number of aromatic nitrogens is 2. The highest BCUT2D eigenvalue weighted by Crippen LogP contribution is 2.27. The van der Waals surface area contributed by atoms with Gasteiger partial charge in [0.25, 0.3) is 0 Å². The maximum atomic E-state index is 10.9. The van der Waals surface area contributed by atoms with Gasteiger partial charge in [0.15, 0.2) is 0 Å². The molecule has 0 fully saturated rings. The molecule has 0 N–H and O–H groups in total. The maximum absolute atomic E-state index is 10.9. The Morgan fingerprint density at radius 1 is 1.67 bits per heavy atom. The van der Waals surface area contributed by atoms with E-state index in [0.717, 1.165) is 0 Å². The predicted octanol–water partition coefficient (Wildman–Crippen LogP) is 2.50. The summed E-state index contributed by atoms with van der Waals surface area (Å²) >= 11 is 5.80. The Morgan fingerprint density at radius 3 is 2.67 bits per heavy atom. The Balaban J connectivity index is 2.95. The van der Waals surface area contributed by atoms with Crippen LogP contribution in [0.2, 0.25) is 0 Å². The van der Waals surface area contributed by atoms with Crippen molar-refractivity contribution in [3.05, 3.63) is 27.0 Å². The molecule has 0 aliphatic heterocycles. The Morgan fingerprint density at radius 2 is 2.28 bits per heavy atom. The van der Waals surface area contributed by atoms with E-state index in [-0.39, 0.29) is 18.2 Å². The lowest BCUT2D eigenvalue weighted by Gasteiger charge is -2.26. The van der Waals surface area contributed by atoms with Crippen molar-refractivity contribution in [1.82, 2.24) is 9.55 Å². The van der Waals surface area contributed by atoms with Gasteiger partial charge in [-0.3, -0.25) is 0 Å². The number of aryl methyl sites for hydroxylation is 1. The van der Waals surface area contributed by atoms with Gasteiger partial charge in [0.1, 0.15) is 12.2 Å². The molecule has 18 heavy (non-hydrogen) atoms. The zero-order chi connectivity index (χ0) is 13.9. The van der Waals surface area contributed by atoms with Crippen LogP contribution < -0.4 is 0 Å². The molecule has 0 saturated heterocycles. The first kappa shape index (κ1) is 14.6. The zero-order valence-electron chi connectivity index (χ0n) is 10.5. The van der Waals surface area contributed by atoms with Gasteiger partial charge in [-0.25, -0.2) is 0 Å². The van der Waals surface area contributed by atoms with Crippen molar-refractivity contribution < 1.29 is 4.92 Å². The summed E-state index contributed by atoms with van der Waals surface area (Å²) in [6.07, 6.45) is 1.30. The van der Waals surface area contributed by atoms with Gasteiger partial charge in [-0.15, -0.1) is 11.6 Å². The molecule has 0 aliphatic rings. The first-order valence-corrected chi connectivity index (χ1v) is 5.92. The molecule has 0 amide bonds. The Bertz CT molecular complexity index is 458. The number of rotatable bonds is 6. The fourth-order valence-electron chi connectivity index (χ4n) is 1.46. The van der Waals surface area contributed by atoms with Crippen LogP contribution >= 0.6 is 11.6 Å². The summed E-state index contributed by atoms with van der Waals surface area (Å²) in [5, 5.41) is 13.7. The summed E-state index contributed by atoms with van der Waals surface area (Å²) in [6, 6.07) is -0.567. The van der Waals surface area contributed by atoms with Crippen LogP contribution in [0.3, 0.4) is 0 Å². The third-order valence-corrected chi connectivity index (χ3v) is 3.58. The first-order chi connectivity index (χ1) is 8.31. The molecule has 1 atom stereocenters. The number of halogens is 1. The van der Waals surface area contributed by atoms with Gasteiger partial charge in [0.05, 0.1) is 6.54 Å². The number of nitroso groups, excluding NO2 is 1. The van der Waals surface area contributed by atoms with Crippen molar-refractivity contribution in [2.45, 2.75) is 33.4 Å². The molecular formula is C10H15ClN4O3. The van der Waals surface area contributed by atoms with Crippen LogP contribution in [0.15, 0.2) is 11.4 Å². The second kappa shape index (κ2) is 5.43. The second-order valence-corrected chi connectivity index (χ2v) is 5.07. The lowest BCUT2D eigenvalue weighted by Crippen LogP contribution is -2.33. The van der Waals surface area contributed by atoms with E-state index in [9.17, 15) is 15.0 Å². The van der Waals surface area contributed by atoms with Crippen LogP contribution in [0.5, 0.6) is 0 Å². The number of nitro groups is 1. The average Bonchev–Trinajstić information content (AvgIpc) is 2.67. The molecule has 0 radical (unpaired) electrons. The van der Waals surface area contributed by atoms with Crippen molar-refractivity contribution >= 4 is 17.4 Å². The zero-order valence-corrected chi connectivity index (χ0v) is 11.2. The molecule has 0 aliphatic carbocycles. The molecule has 0 bridgehead atoms. The third kappa shape index (κ3) is 3.04. The Kier molecular flexibility index (Phi) is 4.39. The topological polar surface area (TPSA) is 90.4 Å². The van der Waals surface area contributed by atoms with Crippen molar-refractivity contribution in [3.63, 3.8) is 0 Å². The summed E-state index contributed by atoms with van der Waals surface area (Å²) in [6.45, 7) is 5.53. The van der Waals surface area contributed by atoms with Crippen LogP contribution in [0.25, 0.3) is 0 Å². The number of hydrogen-bond donors (Lipinski definition) is 0. The van der Waals surface area contributed by atoms with E-state index in [1.165, 1.54) is 6.20 Å². The van der Waals surface area contributed by atoms with Crippen molar-refractivity contribution in [3.8, 4) is 0 Å². The molecule has 7 nitrogen and oxygen atoms in total. The highest BCUT2D eigenvalue weighted by atomic mass is 35.5. The molecule has 1 unspecified atom stereocenters. The minimum Gasteiger partial charge on any atom is -0.358 e. The number of imidazole rings is 1. The van der Waals surface area contributed by atoms with Gasteiger partial charge >= 0.3 is 5.82 Å². The summed E-state index contributed by atoms with van der Waals surface area (Å²) in [5.74, 6) is 0.515. The molecule has 1 rings (SSSR count). The van der Waals surface area contributed by atoms with E-state index < -0.39 is 16.4 Å². The molecule has 0 aromatic carbocycles. The largest absolute Gasteiger partial charge is 0.381 e. The molecule has 8 heteroatoms. The van der Waals surface area contributed by atoms with E-state index in [1.807, 2.05) is 13.8 Å². The molecular weight excluding hydrogens is 260 g/mol. The molecule has 0 spiro atoms. The molecule has 1 aromatic heterocycles. The smallest absolute Gasteiger partial charge is 0.358 e. The maximum Gasteiger partial charge on any atom is 0.381 e. The normalized spacial score (nSPS) is 13.3. The average molecular weight is 275 g/mol. The molecule has 100 valence electrons. The Labute approximate surface area is 109 Å². The van der Waals surface area contributed by atoms with E-state index in [4.69, 9.17) is 11.6 Å². The van der Waals surface area contributed by atoms with E-state index in [2.05, 4.69) is 10.2 Å². The Hall–Kier alpha value is -1.50.